The van der Waals surface area contributed by atoms with Crippen molar-refractivity contribution in [1.29, 1.82) is 0 Å². The molecular formula is C6H20Cl2N2Pt-4. The summed E-state index contributed by atoms with van der Waals surface area (Å²) in [6.07, 6.45) is 0. The van der Waals surface area contributed by atoms with Gasteiger partial charge in [0.25, 0.3) is 0 Å². The van der Waals surface area contributed by atoms with Crippen LogP contribution >= 0.6 is 0 Å². The number of nitrogens with two attached hydrogens (primary N) is 2. The van der Waals surface area contributed by atoms with Gasteiger partial charge >= 0.3 is 21.1 Å². The molecular weight excluding hydrogens is 366 g/mol. The van der Waals surface area contributed by atoms with Gasteiger partial charge in [-0.15, -0.1) is 0 Å². The zero-order valence-corrected chi connectivity index (χ0v) is 11.4. The first-order chi connectivity index (χ1) is 1.91. The van der Waals surface area contributed by atoms with Crippen molar-refractivity contribution in [3.05, 3.63) is 29.7 Å². The summed E-state index contributed by atoms with van der Waals surface area (Å²) >= 11 is 0. The summed E-state index contributed by atoms with van der Waals surface area (Å²) in [4.78, 5) is 0. The van der Waals surface area contributed by atoms with E-state index in [1.165, 1.54) is 0 Å². The molecule has 0 aromatic heterocycles. The van der Waals surface area contributed by atoms with Crippen molar-refractivity contribution in [3.63, 3.8) is 0 Å². The Hall–Kier alpha value is 1.19. The van der Waals surface area contributed by atoms with Crippen molar-refractivity contribution in [2.24, 2.45) is 11.5 Å². The van der Waals surface area contributed by atoms with Gasteiger partial charge in [0.2, 0.25) is 0 Å². The Bertz CT molecular complexity index is 20.5. The van der Waals surface area contributed by atoms with Crippen molar-refractivity contribution in [3.8, 4) is 0 Å². The number of hydrogen-bond donors (Lipinski definition) is 2. The standard InChI is InChI=1S/C2H8N2.4CH3.2ClH.Pt/c3-1-2-4;;;;;;;/h1-4H2;4*1H3;2*1H;/q;4*-1;;;+2/p-2. The summed E-state index contributed by atoms with van der Waals surface area (Å²) in [5.41, 5.74) is 9.81. The minimum Gasteiger partial charge on any atom is -1.00 e. The van der Waals surface area contributed by atoms with Crippen molar-refractivity contribution in [2.45, 2.75) is 0 Å². The van der Waals surface area contributed by atoms with Crippen molar-refractivity contribution in [2.75, 3.05) is 13.1 Å². The summed E-state index contributed by atoms with van der Waals surface area (Å²) in [7, 11) is 0. The third-order valence-electron chi connectivity index (χ3n) is 0.167. The second-order valence-corrected chi connectivity index (χ2v) is 0.577. The molecule has 0 saturated carbocycles. The van der Waals surface area contributed by atoms with E-state index in [1.807, 2.05) is 0 Å². The summed E-state index contributed by atoms with van der Waals surface area (Å²) in [5, 5.41) is 0. The third kappa shape index (κ3) is 197. The van der Waals surface area contributed by atoms with E-state index in [9.17, 15) is 0 Å². The van der Waals surface area contributed by atoms with Gasteiger partial charge in [-0.25, -0.2) is 0 Å². The van der Waals surface area contributed by atoms with Gasteiger partial charge in [0, 0.05) is 13.1 Å². The van der Waals surface area contributed by atoms with Gasteiger partial charge < -0.3 is 66.0 Å². The van der Waals surface area contributed by atoms with Gasteiger partial charge in [0.15, 0.2) is 0 Å². The molecule has 0 saturated heterocycles. The monoisotopic (exact) mass is 385 g/mol. The van der Waals surface area contributed by atoms with E-state index in [0.29, 0.717) is 13.1 Å². The predicted molar refractivity (Wildman–Crippen MR) is 43.8 cm³/mol. The first-order valence-corrected chi connectivity index (χ1v) is 1.32. The molecule has 0 amide bonds. The number of hydrogen-bond acceptors (Lipinski definition) is 2. The maximum atomic E-state index is 4.90. The van der Waals surface area contributed by atoms with Gasteiger partial charge in [-0.2, -0.15) is 0 Å². The van der Waals surface area contributed by atoms with Crippen molar-refractivity contribution < 1.29 is 45.9 Å². The molecule has 0 aliphatic heterocycles. The molecule has 4 N–H and O–H groups in total. The molecule has 0 aromatic carbocycles. The topological polar surface area (TPSA) is 52.0 Å². The largest absolute Gasteiger partial charge is 2.00 e. The van der Waals surface area contributed by atoms with Crippen LogP contribution in [0.3, 0.4) is 0 Å². The molecule has 0 aliphatic rings. The molecule has 0 aliphatic carbocycles. The normalized spacial score (nSPS) is 2.73. The molecule has 0 rings (SSSR count). The zero-order valence-electron chi connectivity index (χ0n) is 7.64. The molecule has 2 nitrogen and oxygen atoms in total. The predicted octanol–water partition coefficient (Wildman–Crippen LogP) is -5.29. The van der Waals surface area contributed by atoms with E-state index in [2.05, 4.69) is 0 Å². The van der Waals surface area contributed by atoms with E-state index in [0.717, 1.165) is 0 Å². The fourth-order valence-electron chi connectivity index (χ4n) is 0. The Labute approximate surface area is 100.0 Å². The Kier molecular flexibility index (Phi) is 903. The van der Waals surface area contributed by atoms with Gasteiger partial charge in [-0.3, -0.25) is 0 Å². The molecule has 0 unspecified atom stereocenters. The smallest absolute Gasteiger partial charge is 1.00 e. The van der Waals surface area contributed by atoms with E-state index in [1.54, 1.807) is 0 Å². The maximum absolute atomic E-state index is 4.90. The van der Waals surface area contributed by atoms with Gasteiger partial charge in [-0.1, -0.05) is 0 Å². The van der Waals surface area contributed by atoms with Crippen LogP contribution in [0.25, 0.3) is 0 Å². The Morgan fingerprint density at radius 2 is 0.727 bits per heavy atom. The van der Waals surface area contributed by atoms with Gasteiger partial charge in [-0.05, 0) is 0 Å². The van der Waals surface area contributed by atoms with Crippen LogP contribution in [0.4, 0.5) is 0 Å². The first kappa shape index (κ1) is 87.0. The molecule has 0 bridgehead atoms. The second kappa shape index (κ2) is 114. The summed E-state index contributed by atoms with van der Waals surface area (Å²) in [5.74, 6) is 0. The molecule has 5 heteroatoms. The second-order valence-electron chi connectivity index (χ2n) is 0.577. The molecule has 11 heavy (non-hydrogen) atoms. The van der Waals surface area contributed by atoms with Crippen LogP contribution in [0.15, 0.2) is 0 Å². The first-order valence-electron chi connectivity index (χ1n) is 1.32. The van der Waals surface area contributed by atoms with Crippen LogP contribution in [0.2, 0.25) is 0 Å². The number of rotatable bonds is 1. The summed E-state index contributed by atoms with van der Waals surface area (Å²) < 4.78 is 0. The average molecular weight is 386 g/mol. The SMILES string of the molecule is NCCN.[CH3-].[CH3-].[CH3-].[CH3-].[Cl-].[Cl-].[Pt+2]. The van der Waals surface area contributed by atoms with Crippen LogP contribution in [0.5, 0.6) is 0 Å². The van der Waals surface area contributed by atoms with Crippen molar-refractivity contribution in [1.82, 2.24) is 0 Å². The van der Waals surface area contributed by atoms with E-state index < -0.39 is 0 Å². The minimum atomic E-state index is 0. The van der Waals surface area contributed by atoms with Crippen LogP contribution in [-0.2, 0) is 21.1 Å². The fraction of sp³-hybridized carbons (Fsp3) is 0.333. The number of halogens is 2. The molecule has 0 fully saturated rings. The average Bonchev–Trinajstić information content (AvgIpc) is 1.37. The van der Waals surface area contributed by atoms with E-state index in [4.69, 9.17) is 11.5 Å². The van der Waals surface area contributed by atoms with E-state index >= 15 is 0 Å². The van der Waals surface area contributed by atoms with E-state index in [-0.39, 0.29) is 75.6 Å². The van der Waals surface area contributed by atoms with Gasteiger partial charge in [0.1, 0.15) is 0 Å². The Balaban J connectivity index is -0.00000000214. The van der Waals surface area contributed by atoms with Gasteiger partial charge in [0.05, 0.1) is 0 Å². The Morgan fingerprint density at radius 1 is 0.636 bits per heavy atom. The minimum absolute atomic E-state index is 0. The van der Waals surface area contributed by atoms with Crippen molar-refractivity contribution >= 4 is 0 Å². The molecule has 0 aromatic rings. The van der Waals surface area contributed by atoms with Crippen LogP contribution in [0, 0.1) is 29.7 Å². The molecule has 0 atom stereocenters. The fourth-order valence-corrected chi connectivity index (χ4v) is 0. The maximum Gasteiger partial charge on any atom is 2.00 e. The molecule has 0 heterocycles. The zero-order chi connectivity index (χ0) is 3.41. The summed E-state index contributed by atoms with van der Waals surface area (Å²) in [6.45, 7) is 1.19. The van der Waals surface area contributed by atoms with Crippen LogP contribution < -0.4 is 36.3 Å². The molecule has 0 spiro atoms. The summed E-state index contributed by atoms with van der Waals surface area (Å²) in [6, 6.07) is 0. The molecule has 82 valence electrons. The third-order valence-corrected chi connectivity index (χ3v) is 0.167. The Morgan fingerprint density at radius 3 is 0.727 bits per heavy atom. The quantitative estimate of drug-likeness (QED) is 0.443. The van der Waals surface area contributed by atoms with Crippen LogP contribution in [-0.4, -0.2) is 13.1 Å². The molecule has 0 radical (unpaired) electrons. The van der Waals surface area contributed by atoms with Crippen LogP contribution in [0.1, 0.15) is 0 Å².